The van der Waals surface area contributed by atoms with E-state index in [0.717, 1.165) is 5.56 Å². The highest BCUT2D eigenvalue weighted by Crippen LogP contribution is 2.23. The number of urea groups is 1. The Morgan fingerprint density at radius 3 is 2.48 bits per heavy atom. The SMILES string of the molecule is COc1ccccc1NC(=O)N(C)Cc1ccc(C)cc1. The molecule has 2 rings (SSSR count). The van der Waals surface area contributed by atoms with Gasteiger partial charge in [-0.15, -0.1) is 0 Å². The summed E-state index contributed by atoms with van der Waals surface area (Å²) in [5.41, 5.74) is 2.97. The summed E-state index contributed by atoms with van der Waals surface area (Å²) < 4.78 is 5.22. The number of ether oxygens (including phenoxy) is 1. The van der Waals surface area contributed by atoms with Gasteiger partial charge < -0.3 is 15.0 Å². The average Bonchev–Trinajstić information content (AvgIpc) is 2.50. The molecular formula is C17H20N2O2. The van der Waals surface area contributed by atoms with Crippen LogP contribution in [-0.2, 0) is 6.54 Å². The Morgan fingerprint density at radius 2 is 1.81 bits per heavy atom. The van der Waals surface area contributed by atoms with Crippen molar-refractivity contribution in [3.63, 3.8) is 0 Å². The van der Waals surface area contributed by atoms with Gasteiger partial charge in [0.2, 0.25) is 0 Å². The molecule has 0 unspecified atom stereocenters. The zero-order chi connectivity index (χ0) is 15.2. The van der Waals surface area contributed by atoms with Gasteiger partial charge in [-0.3, -0.25) is 0 Å². The van der Waals surface area contributed by atoms with Gasteiger partial charge in [0.05, 0.1) is 12.8 Å². The van der Waals surface area contributed by atoms with Gasteiger partial charge in [-0.1, -0.05) is 42.0 Å². The Morgan fingerprint density at radius 1 is 1.14 bits per heavy atom. The number of carbonyl (C=O) groups excluding carboxylic acids is 1. The number of methoxy groups -OCH3 is 1. The van der Waals surface area contributed by atoms with Crippen LogP contribution in [0.3, 0.4) is 0 Å². The molecule has 4 heteroatoms. The van der Waals surface area contributed by atoms with Crippen molar-refractivity contribution in [3.8, 4) is 5.75 Å². The number of nitrogens with one attached hydrogen (secondary N) is 1. The number of para-hydroxylation sites is 2. The first kappa shape index (κ1) is 14.9. The van der Waals surface area contributed by atoms with E-state index < -0.39 is 0 Å². The van der Waals surface area contributed by atoms with Crippen LogP contribution in [0.1, 0.15) is 11.1 Å². The van der Waals surface area contributed by atoms with Gasteiger partial charge in [0, 0.05) is 13.6 Å². The third-order valence-electron chi connectivity index (χ3n) is 3.24. The number of hydrogen-bond donors (Lipinski definition) is 1. The van der Waals surface area contributed by atoms with Crippen molar-refractivity contribution in [1.29, 1.82) is 0 Å². The van der Waals surface area contributed by atoms with E-state index in [1.807, 2.05) is 55.5 Å². The summed E-state index contributed by atoms with van der Waals surface area (Å²) in [7, 11) is 3.35. The predicted octanol–water partition coefficient (Wildman–Crippen LogP) is 3.67. The Labute approximate surface area is 125 Å². The fraction of sp³-hybridized carbons (Fsp3) is 0.235. The molecule has 4 nitrogen and oxygen atoms in total. The monoisotopic (exact) mass is 284 g/mol. The highest BCUT2D eigenvalue weighted by atomic mass is 16.5. The largest absolute Gasteiger partial charge is 0.495 e. The minimum atomic E-state index is -0.167. The standard InChI is InChI=1S/C17H20N2O2/c1-13-8-10-14(11-9-13)12-19(2)17(20)18-15-6-4-5-7-16(15)21-3/h4-11H,12H2,1-3H3,(H,18,20). The van der Waals surface area contributed by atoms with Gasteiger partial charge in [0.1, 0.15) is 5.75 Å². The van der Waals surface area contributed by atoms with E-state index >= 15 is 0 Å². The number of nitrogens with zero attached hydrogens (tertiary/aromatic N) is 1. The van der Waals surface area contributed by atoms with Crippen molar-refractivity contribution in [2.24, 2.45) is 0 Å². The molecule has 2 amide bonds. The second-order valence-corrected chi connectivity index (χ2v) is 4.97. The van der Waals surface area contributed by atoms with E-state index in [9.17, 15) is 4.79 Å². The van der Waals surface area contributed by atoms with Gasteiger partial charge in [-0.05, 0) is 24.6 Å². The van der Waals surface area contributed by atoms with Crippen LogP contribution in [0.15, 0.2) is 48.5 Å². The van der Waals surface area contributed by atoms with Crippen LogP contribution in [0.4, 0.5) is 10.5 Å². The quantitative estimate of drug-likeness (QED) is 0.930. The molecule has 0 aromatic heterocycles. The second-order valence-electron chi connectivity index (χ2n) is 4.97. The average molecular weight is 284 g/mol. The minimum absolute atomic E-state index is 0.167. The summed E-state index contributed by atoms with van der Waals surface area (Å²) in [5, 5.41) is 2.85. The maximum Gasteiger partial charge on any atom is 0.321 e. The van der Waals surface area contributed by atoms with Crippen molar-refractivity contribution < 1.29 is 9.53 Å². The third-order valence-corrected chi connectivity index (χ3v) is 3.24. The number of anilines is 1. The topological polar surface area (TPSA) is 41.6 Å². The van der Waals surface area contributed by atoms with E-state index in [4.69, 9.17) is 4.74 Å². The molecule has 110 valence electrons. The molecule has 21 heavy (non-hydrogen) atoms. The molecule has 2 aromatic rings. The molecule has 0 atom stereocenters. The summed E-state index contributed by atoms with van der Waals surface area (Å²) >= 11 is 0. The van der Waals surface area contributed by atoms with Gasteiger partial charge in [0.15, 0.2) is 0 Å². The van der Waals surface area contributed by atoms with E-state index in [2.05, 4.69) is 5.32 Å². The van der Waals surface area contributed by atoms with Crippen LogP contribution >= 0.6 is 0 Å². The lowest BCUT2D eigenvalue weighted by Gasteiger charge is -2.19. The van der Waals surface area contributed by atoms with Crippen LogP contribution in [0.25, 0.3) is 0 Å². The van der Waals surface area contributed by atoms with E-state index in [-0.39, 0.29) is 6.03 Å². The number of benzene rings is 2. The van der Waals surface area contributed by atoms with Crippen molar-refractivity contribution in [2.45, 2.75) is 13.5 Å². The summed E-state index contributed by atoms with van der Waals surface area (Å²) in [5.74, 6) is 0.648. The number of rotatable bonds is 4. The summed E-state index contributed by atoms with van der Waals surface area (Å²) in [4.78, 5) is 13.8. The lowest BCUT2D eigenvalue weighted by atomic mass is 10.1. The van der Waals surface area contributed by atoms with Crippen LogP contribution in [0, 0.1) is 6.92 Å². The van der Waals surface area contributed by atoms with Gasteiger partial charge >= 0.3 is 6.03 Å². The maximum atomic E-state index is 12.2. The normalized spacial score (nSPS) is 10.0. The van der Waals surface area contributed by atoms with Crippen LogP contribution in [-0.4, -0.2) is 25.1 Å². The van der Waals surface area contributed by atoms with Gasteiger partial charge in [-0.25, -0.2) is 4.79 Å². The van der Waals surface area contributed by atoms with Crippen LogP contribution < -0.4 is 10.1 Å². The fourth-order valence-corrected chi connectivity index (χ4v) is 2.00. The molecule has 0 spiro atoms. The highest BCUT2D eigenvalue weighted by Gasteiger charge is 2.11. The fourth-order valence-electron chi connectivity index (χ4n) is 2.00. The summed E-state index contributed by atoms with van der Waals surface area (Å²) in [6, 6.07) is 15.3. The number of hydrogen-bond acceptors (Lipinski definition) is 2. The molecule has 0 saturated heterocycles. The van der Waals surface area contributed by atoms with Gasteiger partial charge in [-0.2, -0.15) is 0 Å². The molecule has 0 radical (unpaired) electrons. The van der Waals surface area contributed by atoms with E-state index in [1.54, 1.807) is 19.1 Å². The second kappa shape index (κ2) is 6.79. The van der Waals surface area contributed by atoms with Crippen molar-refractivity contribution in [1.82, 2.24) is 4.90 Å². The lowest BCUT2D eigenvalue weighted by Crippen LogP contribution is -2.30. The van der Waals surface area contributed by atoms with Crippen LogP contribution in [0.5, 0.6) is 5.75 Å². The Balaban J connectivity index is 2.01. The number of amides is 2. The zero-order valence-corrected chi connectivity index (χ0v) is 12.6. The molecule has 0 saturated carbocycles. The van der Waals surface area contributed by atoms with E-state index in [0.29, 0.717) is 18.0 Å². The van der Waals surface area contributed by atoms with E-state index in [1.165, 1.54) is 5.56 Å². The molecule has 0 aliphatic heterocycles. The van der Waals surface area contributed by atoms with Crippen molar-refractivity contribution >= 4 is 11.7 Å². The number of carbonyl (C=O) groups is 1. The molecule has 0 heterocycles. The lowest BCUT2D eigenvalue weighted by molar-refractivity contribution is 0.220. The first-order valence-electron chi connectivity index (χ1n) is 6.81. The molecule has 0 bridgehead atoms. The molecular weight excluding hydrogens is 264 g/mol. The molecule has 0 aliphatic carbocycles. The summed E-state index contributed by atoms with van der Waals surface area (Å²) in [6.07, 6.45) is 0. The molecule has 0 aliphatic rings. The molecule has 1 N–H and O–H groups in total. The Hall–Kier alpha value is -2.49. The Bertz CT molecular complexity index is 608. The van der Waals surface area contributed by atoms with Crippen molar-refractivity contribution in [2.75, 3.05) is 19.5 Å². The molecule has 2 aromatic carbocycles. The number of aryl methyl sites for hydroxylation is 1. The first-order valence-corrected chi connectivity index (χ1v) is 6.81. The van der Waals surface area contributed by atoms with Gasteiger partial charge in [0.25, 0.3) is 0 Å². The predicted molar refractivity (Wildman–Crippen MR) is 84.7 cm³/mol. The first-order chi connectivity index (χ1) is 10.1. The smallest absolute Gasteiger partial charge is 0.321 e. The minimum Gasteiger partial charge on any atom is -0.495 e. The van der Waals surface area contributed by atoms with Crippen molar-refractivity contribution in [3.05, 3.63) is 59.7 Å². The summed E-state index contributed by atoms with van der Waals surface area (Å²) in [6.45, 7) is 2.60. The zero-order valence-electron chi connectivity index (χ0n) is 12.6. The maximum absolute atomic E-state index is 12.2. The molecule has 0 fully saturated rings. The van der Waals surface area contributed by atoms with Crippen LogP contribution in [0.2, 0.25) is 0 Å². The Kier molecular flexibility index (Phi) is 4.82. The highest BCUT2D eigenvalue weighted by molar-refractivity contribution is 5.90. The third kappa shape index (κ3) is 3.99.